The van der Waals surface area contributed by atoms with Crippen LogP contribution >= 0.6 is 11.6 Å². The summed E-state index contributed by atoms with van der Waals surface area (Å²) in [6.07, 6.45) is 2.10. The van der Waals surface area contributed by atoms with Crippen molar-refractivity contribution in [2.45, 2.75) is 26.3 Å². The molecule has 1 aromatic carbocycles. The van der Waals surface area contributed by atoms with Crippen molar-refractivity contribution >= 4 is 11.6 Å². The van der Waals surface area contributed by atoms with Crippen LogP contribution in [-0.2, 0) is 0 Å². The van der Waals surface area contributed by atoms with Gasteiger partial charge in [0.2, 0.25) is 0 Å². The van der Waals surface area contributed by atoms with Gasteiger partial charge < -0.3 is 14.2 Å². The molecule has 24 heavy (non-hydrogen) atoms. The van der Waals surface area contributed by atoms with E-state index in [-0.39, 0.29) is 16.6 Å². The highest BCUT2D eigenvalue weighted by Crippen LogP contribution is 2.20. The summed E-state index contributed by atoms with van der Waals surface area (Å²) < 4.78 is 17.6. The first-order valence-electron chi connectivity index (χ1n) is 7.70. The minimum Gasteiger partial charge on any atom is -0.497 e. The fourth-order valence-corrected chi connectivity index (χ4v) is 2.21. The fraction of sp³-hybridized carbons (Fsp3) is 0.412. The first-order chi connectivity index (χ1) is 11.5. The van der Waals surface area contributed by atoms with Crippen molar-refractivity contribution in [1.29, 1.82) is 0 Å². The Morgan fingerprint density at radius 2 is 1.92 bits per heavy atom. The number of hydrogen-bond donors (Lipinski definition) is 0. The second-order valence-electron chi connectivity index (χ2n) is 5.40. The summed E-state index contributed by atoms with van der Waals surface area (Å²) in [6.45, 7) is 4.57. The first-order valence-corrected chi connectivity index (χ1v) is 8.07. The second kappa shape index (κ2) is 8.59. The van der Waals surface area contributed by atoms with E-state index in [9.17, 15) is 4.79 Å². The van der Waals surface area contributed by atoms with Crippen LogP contribution in [0.5, 0.6) is 17.2 Å². The Hall–Kier alpha value is -2.21. The Morgan fingerprint density at radius 3 is 2.62 bits per heavy atom. The molecule has 0 fully saturated rings. The summed E-state index contributed by atoms with van der Waals surface area (Å²) in [6, 6.07) is 7.33. The number of aromatic nitrogens is 2. The second-order valence-corrected chi connectivity index (χ2v) is 5.77. The van der Waals surface area contributed by atoms with E-state index in [0.717, 1.165) is 11.5 Å². The van der Waals surface area contributed by atoms with Crippen molar-refractivity contribution in [3.63, 3.8) is 0 Å². The molecule has 1 aromatic heterocycles. The minimum atomic E-state index is -0.350. The van der Waals surface area contributed by atoms with E-state index in [0.29, 0.717) is 25.4 Å². The molecule has 2 aromatic rings. The molecule has 0 bridgehead atoms. The monoisotopic (exact) mass is 352 g/mol. The highest BCUT2D eigenvalue weighted by molar-refractivity contribution is 6.31. The predicted octanol–water partition coefficient (Wildman–Crippen LogP) is 3.33. The van der Waals surface area contributed by atoms with Crippen molar-refractivity contribution < 1.29 is 14.2 Å². The van der Waals surface area contributed by atoms with Gasteiger partial charge in [-0.05, 0) is 26.0 Å². The van der Waals surface area contributed by atoms with E-state index in [2.05, 4.69) is 5.10 Å². The van der Waals surface area contributed by atoms with Gasteiger partial charge in [-0.25, -0.2) is 4.68 Å². The van der Waals surface area contributed by atoms with Crippen LogP contribution < -0.4 is 19.8 Å². The molecule has 0 saturated heterocycles. The Balaban J connectivity index is 1.82. The molecule has 6 nitrogen and oxygen atoms in total. The lowest BCUT2D eigenvalue weighted by Crippen LogP contribution is -2.25. The maximum Gasteiger partial charge on any atom is 0.289 e. The zero-order valence-corrected chi connectivity index (χ0v) is 14.7. The first kappa shape index (κ1) is 18.1. The highest BCUT2D eigenvalue weighted by Gasteiger charge is 2.12. The van der Waals surface area contributed by atoms with Crippen molar-refractivity contribution in [2.75, 3.05) is 20.3 Å². The molecule has 2 rings (SSSR count). The average molecular weight is 353 g/mol. The third kappa shape index (κ3) is 4.64. The molecule has 0 N–H and O–H groups in total. The largest absolute Gasteiger partial charge is 0.497 e. The molecular formula is C17H21ClN2O4. The van der Waals surface area contributed by atoms with Gasteiger partial charge in [0, 0.05) is 12.5 Å². The van der Waals surface area contributed by atoms with Gasteiger partial charge >= 0.3 is 0 Å². The summed E-state index contributed by atoms with van der Waals surface area (Å²) >= 11 is 6.04. The van der Waals surface area contributed by atoms with E-state index in [1.54, 1.807) is 7.11 Å². The van der Waals surface area contributed by atoms with Crippen LogP contribution in [0.15, 0.2) is 35.3 Å². The number of rotatable bonds is 8. The van der Waals surface area contributed by atoms with Crippen LogP contribution in [0.3, 0.4) is 0 Å². The van der Waals surface area contributed by atoms with Gasteiger partial charge in [0.25, 0.3) is 5.56 Å². The summed E-state index contributed by atoms with van der Waals surface area (Å²) in [5.74, 6) is 1.76. The lowest BCUT2D eigenvalue weighted by Gasteiger charge is -2.12. The summed E-state index contributed by atoms with van der Waals surface area (Å²) in [5, 5.41) is 4.10. The molecule has 0 aliphatic heterocycles. The van der Waals surface area contributed by atoms with Crippen LogP contribution in [0.2, 0.25) is 5.02 Å². The zero-order chi connectivity index (χ0) is 17.5. The predicted molar refractivity (Wildman–Crippen MR) is 92.5 cm³/mol. The topological polar surface area (TPSA) is 62.6 Å². The van der Waals surface area contributed by atoms with Crippen LogP contribution in [0, 0.1) is 0 Å². The lowest BCUT2D eigenvalue weighted by molar-refractivity contribution is 0.245. The molecule has 0 radical (unpaired) electrons. The summed E-state index contributed by atoms with van der Waals surface area (Å²) in [4.78, 5) is 12.0. The molecule has 0 saturated carbocycles. The molecule has 0 amide bonds. The number of methoxy groups -OCH3 is 1. The Bertz CT molecular complexity index is 731. The van der Waals surface area contributed by atoms with Crippen LogP contribution in [-0.4, -0.2) is 30.1 Å². The third-order valence-corrected chi connectivity index (χ3v) is 3.60. The van der Waals surface area contributed by atoms with Gasteiger partial charge in [-0.15, -0.1) is 0 Å². The number of benzene rings is 1. The maximum atomic E-state index is 12.0. The number of nitrogens with zero attached hydrogens (tertiary/aromatic N) is 2. The number of ether oxygens (including phenoxy) is 3. The van der Waals surface area contributed by atoms with E-state index in [1.165, 1.54) is 10.9 Å². The van der Waals surface area contributed by atoms with Gasteiger partial charge in [0.1, 0.15) is 11.5 Å². The fourth-order valence-electron chi connectivity index (χ4n) is 2.02. The molecule has 0 spiro atoms. The standard InChI is InChI=1S/C17H21ClN2O4/c1-12(2)20-17(21)16(18)15(11-19-20)24-9-5-8-23-14-7-4-6-13(10-14)22-3/h4,6-7,10-12H,5,8-9H2,1-3H3. The van der Waals surface area contributed by atoms with Gasteiger partial charge in [-0.3, -0.25) is 4.79 Å². The molecule has 0 atom stereocenters. The minimum absolute atomic E-state index is 0.0485. The molecule has 7 heteroatoms. The van der Waals surface area contributed by atoms with Crippen molar-refractivity contribution in [3.8, 4) is 17.2 Å². The average Bonchev–Trinajstić information content (AvgIpc) is 2.58. The van der Waals surface area contributed by atoms with Gasteiger partial charge in [0.05, 0.1) is 32.6 Å². The Kier molecular flexibility index (Phi) is 6.49. The lowest BCUT2D eigenvalue weighted by atomic mass is 10.3. The molecule has 0 unspecified atom stereocenters. The van der Waals surface area contributed by atoms with E-state index < -0.39 is 0 Å². The molecule has 1 heterocycles. The number of halogens is 1. The molecule has 0 aliphatic rings. The van der Waals surface area contributed by atoms with Crippen molar-refractivity contribution in [3.05, 3.63) is 45.8 Å². The van der Waals surface area contributed by atoms with Crippen molar-refractivity contribution in [1.82, 2.24) is 9.78 Å². The normalized spacial score (nSPS) is 10.7. The van der Waals surface area contributed by atoms with Crippen LogP contribution in [0.1, 0.15) is 26.3 Å². The maximum absolute atomic E-state index is 12.0. The van der Waals surface area contributed by atoms with Gasteiger partial charge in [-0.1, -0.05) is 17.7 Å². The number of hydrogen-bond acceptors (Lipinski definition) is 5. The molecule has 130 valence electrons. The Labute approximate surface area is 145 Å². The van der Waals surface area contributed by atoms with E-state index >= 15 is 0 Å². The quantitative estimate of drug-likeness (QED) is 0.682. The smallest absolute Gasteiger partial charge is 0.289 e. The molecule has 0 aliphatic carbocycles. The van der Waals surface area contributed by atoms with Crippen molar-refractivity contribution in [2.24, 2.45) is 0 Å². The van der Waals surface area contributed by atoms with Gasteiger partial charge in [0.15, 0.2) is 10.8 Å². The highest BCUT2D eigenvalue weighted by atomic mass is 35.5. The summed E-state index contributed by atoms with van der Waals surface area (Å²) in [7, 11) is 1.61. The van der Waals surface area contributed by atoms with Crippen LogP contribution in [0.25, 0.3) is 0 Å². The Morgan fingerprint density at radius 1 is 1.21 bits per heavy atom. The van der Waals surface area contributed by atoms with E-state index in [4.69, 9.17) is 25.8 Å². The summed E-state index contributed by atoms with van der Waals surface area (Å²) in [5.41, 5.74) is -0.350. The molecular weight excluding hydrogens is 332 g/mol. The van der Waals surface area contributed by atoms with Gasteiger partial charge in [-0.2, -0.15) is 5.10 Å². The van der Waals surface area contributed by atoms with E-state index in [1.807, 2.05) is 38.1 Å². The zero-order valence-electron chi connectivity index (χ0n) is 14.0. The van der Waals surface area contributed by atoms with Crippen LogP contribution in [0.4, 0.5) is 0 Å². The third-order valence-electron chi connectivity index (χ3n) is 3.26. The SMILES string of the molecule is COc1cccc(OCCCOc2cnn(C(C)C)c(=O)c2Cl)c1.